The normalized spacial score (nSPS) is 21.0. The van der Waals surface area contributed by atoms with Crippen molar-refractivity contribution in [3.05, 3.63) is 65.7 Å². The van der Waals surface area contributed by atoms with Crippen LogP contribution in [0, 0.1) is 18.3 Å². The molecule has 4 rings (SSSR count). The zero-order chi connectivity index (χ0) is 21.0. The van der Waals surface area contributed by atoms with Crippen molar-refractivity contribution in [1.82, 2.24) is 15.0 Å². The second-order valence-corrected chi connectivity index (χ2v) is 7.83. The minimum absolute atomic E-state index is 0.119. The van der Waals surface area contributed by atoms with Crippen molar-refractivity contribution in [3.63, 3.8) is 0 Å². The lowest BCUT2D eigenvalue weighted by Gasteiger charge is -2.26. The van der Waals surface area contributed by atoms with Crippen LogP contribution in [0.2, 0.25) is 0 Å². The summed E-state index contributed by atoms with van der Waals surface area (Å²) < 4.78 is 39.5. The number of allylic oxidation sites excluding steroid dienone is 4. The topological polar surface area (TPSA) is 59.0 Å². The Hall–Kier alpha value is -3.03. The highest BCUT2D eigenvalue weighted by Gasteiger charge is 2.51. The maximum absolute atomic E-state index is 13.2. The number of rotatable bonds is 2. The molecule has 2 aromatic rings. The number of anilines is 1. The van der Waals surface area contributed by atoms with Gasteiger partial charge in [-0.25, -0.2) is 9.97 Å². The Morgan fingerprint density at radius 2 is 1.83 bits per heavy atom. The number of carbonyl (C=O) groups is 1. The molecule has 29 heavy (non-hydrogen) atoms. The highest BCUT2D eigenvalue weighted by Crippen LogP contribution is 2.50. The zero-order valence-electron chi connectivity index (χ0n) is 16.2. The molecule has 1 aliphatic carbocycles. The number of alkyl halides is 3. The van der Waals surface area contributed by atoms with Gasteiger partial charge in [0, 0.05) is 35.8 Å². The summed E-state index contributed by atoms with van der Waals surface area (Å²) in [7, 11) is 0. The van der Waals surface area contributed by atoms with Crippen LogP contribution < -0.4 is 4.90 Å². The molecule has 0 saturated carbocycles. The number of hydrogen-bond donors (Lipinski definition) is 0. The van der Waals surface area contributed by atoms with Crippen molar-refractivity contribution in [1.29, 1.82) is 0 Å². The molecule has 1 amide bonds. The van der Waals surface area contributed by atoms with Gasteiger partial charge >= 0.3 is 6.18 Å². The van der Waals surface area contributed by atoms with Gasteiger partial charge in [-0.05, 0) is 31.1 Å². The number of pyridine rings is 1. The summed E-state index contributed by atoms with van der Waals surface area (Å²) in [6, 6.07) is 0.969. The SMILES string of the molecule is Cc1ncc(C2=CCC3C(=C2)N(c2cncc(C(F)(F)F)c2)C(=O)C3(C)C)cn1. The van der Waals surface area contributed by atoms with Gasteiger partial charge in [0.15, 0.2) is 0 Å². The van der Waals surface area contributed by atoms with Crippen LogP contribution in [-0.4, -0.2) is 20.9 Å². The Bertz CT molecular complexity index is 1040. The maximum Gasteiger partial charge on any atom is 0.417 e. The summed E-state index contributed by atoms with van der Waals surface area (Å²) in [6.45, 7) is 5.43. The number of aryl methyl sites for hydroxylation is 1. The average Bonchev–Trinajstić information content (AvgIpc) is 2.87. The standard InChI is InChI=1S/C21H19F3N4O/c1-12-26-8-14(9-27-12)13-4-5-17-18(6-13)28(19(29)20(17,2)3)16-7-15(10-25-11-16)21(22,23)24/h4,6-11,17H,5H2,1-3H3. The molecule has 1 aliphatic heterocycles. The minimum atomic E-state index is -4.54. The predicted octanol–water partition coefficient (Wildman–Crippen LogP) is 4.56. The first-order valence-corrected chi connectivity index (χ1v) is 9.16. The number of aromatic nitrogens is 3. The van der Waals surface area contributed by atoms with Crippen molar-refractivity contribution < 1.29 is 18.0 Å². The Balaban J connectivity index is 1.80. The van der Waals surface area contributed by atoms with E-state index in [0.29, 0.717) is 17.9 Å². The Labute approximate surface area is 166 Å². The molecule has 1 saturated heterocycles. The fraction of sp³-hybridized carbons (Fsp3) is 0.333. The van der Waals surface area contributed by atoms with E-state index in [4.69, 9.17) is 0 Å². The third kappa shape index (κ3) is 3.22. The van der Waals surface area contributed by atoms with Gasteiger partial charge in [-0.15, -0.1) is 0 Å². The molecule has 2 aliphatic rings. The Morgan fingerprint density at radius 3 is 2.48 bits per heavy atom. The molecule has 1 fully saturated rings. The van der Waals surface area contributed by atoms with E-state index in [-0.39, 0.29) is 17.5 Å². The molecule has 1 atom stereocenters. The number of fused-ring (bicyclic) bond motifs is 1. The van der Waals surface area contributed by atoms with E-state index in [1.54, 1.807) is 19.3 Å². The molecular weight excluding hydrogens is 381 g/mol. The van der Waals surface area contributed by atoms with E-state index < -0.39 is 17.2 Å². The van der Waals surface area contributed by atoms with E-state index in [1.807, 2.05) is 26.0 Å². The Kier molecular flexibility index (Phi) is 4.33. The van der Waals surface area contributed by atoms with Gasteiger partial charge < -0.3 is 0 Å². The van der Waals surface area contributed by atoms with Gasteiger partial charge in [0.05, 0.1) is 22.9 Å². The molecule has 5 nitrogen and oxygen atoms in total. The molecule has 0 aromatic carbocycles. The summed E-state index contributed by atoms with van der Waals surface area (Å²) in [4.78, 5) is 26.7. The maximum atomic E-state index is 13.2. The lowest BCUT2D eigenvalue weighted by molar-refractivity contribution is -0.137. The summed E-state index contributed by atoms with van der Waals surface area (Å²) in [5.41, 5.74) is 0.786. The zero-order valence-corrected chi connectivity index (χ0v) is 16.2. The first-order chi connectivity index (χ1) is 13.6. The summed E-state index contributed by atoms with van der Waals surface area (Å²) >= 11 is 0. The number of hydrogen-bond acceptors (Lipinski definition) is 4. The van der Waals surface area contributed by atoms with E-state index in [0.717, 1.165) is 23.4 Å². The number of halogens is 3. The molecule has 0 bridgehead atoms. The van der Waals surface area contributed by atoms with Crippen LogP contribution in [0.1, 0.15) is 37.2 Å². The summed E-state index contributed by atoms with van der Waals surface area (Å²) in [5.74, 6) is 0.258. The van der Waals surface area contributed by atoms with Gasteiger partial charge in [0.2, 0.25) is 5.91 Å². The molecule has 2 aromatic heterocycles. The highest BCUT2D eigenvalue weighted by atomic mass is 19.4. The first kappa shape index (κ1) is 19.3. The minimum Gasteiger partial charge on any atom is -0.282 e. The van der Waals surface area contributed by atoms with Gasteiger partial charge in [-0.3, -0.25) is 14.7 Å². The monoisotopic (exact) mass is 400 g/mol. The van der Waals surface area contributed by atoms with Crippen LogP contribution in [0.5, 0.6) is 0 Å². The van der Waals surface area contributed by atoms with E-state index in [2.05, 4.69) is 15.0 Å². The molecule has 150 valence electrons. The molecule has 0 radical (unpaired) electrons. The van der Waals surface area contributed by atoms with Gasteiger partial charge in [-0.1, -0.05) is 19.9 Å². The molecule has 1 unspecified atom stereocenters. The lowest BCUT2D eigenvalue weighted by Crippen LogP contribution is -2.31. The first-order valence-electron chi connectivity index (χ1n) is 9.16. The van der Waals surface area contributed by atoms with Crippen LogP contribution in [0.15, 0.2) is 48.7 Å². The van der Waals surface area contributed by atoms with Crippen molar-refractivity contribution in [2.24, 2.45) is 11.3 Å². The number of carbonyl (C=O) groups excluding carboxylic acids is 1. The van der Waals surface area contributed by atoms with Crippen molar-refractivity contribution in [2.75, 3.05) is 4.90 Å². The number of amides is 1. The largest absolute Gasteiger partial charge is 0.417 e. The Morgan fingerprint density at radius 1 is 1.14 bits per heavy atom. The van der Waals surface area contributed by atoms with Crippen LogP contribution >= 0.6 is 0 Å². The number of nitrogens with zero attached hydrogens (tertiary/aromatic N) is 4. The molecular formula is C21H19F3N4O. The van der Waals surface area contributed by atoms with E-state index in [1.165, 1.54) is 11.1 Å². The molecule has 8 heteroatoms. The molecule has 0 N–H and O–H groups in total. The lowest BCUT2D eigenvalue weighted by atomic mass is 9.75. The summed E-state index contributed by atoms with van der Waals surface area (Å²) in [5, 5.41) is 0. The van der Waals surface area contributed by atoms with Crippen LogP contribution in [0.4, 0.5) is 18.9 Å². The predicted molar refractivity (Wildman–Crippen MR) is 101 cm³/mol. The molecule has 0 spiro atoms. The smallest absolute Gasteiger partial charge is 0.282 e. The average molecular weight is 400 g/mol. The fourth-order valence-corrected chi connectivity index (χ4v) is 3.84. The van der Waals surface area contributed by atoms with Crippen LogP contribution in [0.25, 0.3) is 5.57 Å². The van der Waals surface area contributed by atoms with Gasteiger partial charge in [0.1, 0.15) is 5.82 Å². The van der Waals surface area contributed by atoms with Crippen molar-refractivity contribution in [2.45, 2.75) is 33.4 Å². The molecule has 3 heterocycles. The quantitative estimate of drug-likeness (QED) is 0.742. The third-order valence-corrected chi connectivity index (χ3v) is 5.54. The summed E-state index contributed by atoms with van der Waals surface area (Å²) in [6.07, 6.45) is 5.37. The van der Waals surface area contributed by atoms with E-state index in [9.17, 15) is 18.0 Å². The second kappa shape index (κ2) is 6.50. The second-order valence-electron chi connectivity index (χ2n) is 7.83. The highest BCUT2D eigenvalue weighted by molar-refractivity contribution is 6.05. The van der Waals surface area contributed by atoms with Crippen molar-refractivity contribution >= 4 is 17.2 Å². The fourth-order valence-electron chi connectivity index (χ4n) is 3.84. The van der Waals surface area contributed by atoms with Gasteiger partial charge in [0.25, 0.3) is 0 Å². The van der Waals surface area contributed by atoms with Crippen molar-refractivity contribution in [3.8, 4) is 0 Å². The van der Waals surface area contributed by atoms with Crippen LogP contribution in [0.3, 0.4) is 0 Å². The third-order valence-electron chi connectivity index (χ3n) is 5.54. The van der Waals surface area contributed by atoms with Gasteiger partial charge in [-0.2, -0.15) is 13.2 Å². The van der Waals surface area contributed by atoms with Crippen LogP contribution in [-0.2, 0) is 11.0 Å². The van der Waals surface area contributed by atoms with E-state index >= 15 is 0 Å².